The fourth-order valence-electron chi connectivity index (χ4n) is 4.90. The summed E-state index contributed by atoms with van der Waals surface area (Å²) in [4.78, 5) is 23.2. The first-order chi connectivity index (χ1) is 19.6. The summed E-state index contributed by atoms with van der Waals surface area (Å²) < 4.78 is 5.95. The lowest BCUT2D eigenvalue weighted by Gasteiger charge is -2.18. The number of unbranched alkanes of at least 4 members (excludes halogenated alkanes) is 15. The van der Waals surface area contributed by atoms with E-state index >= 15 is 0 Å². The topological polar surface area (TPSA) is 63.6 Å². The van der Waals surface area contributed by atoms with Crippen LogP contribution >= 0.6 is 0 Å². The van der Waals surface area contributed by atoms with E-state index in [1.54, 1.807) is 0 Å². The van der Waals surface area contributed by atoms with Gasteiger partial charge in [0.25, 0.3) is 0 Å². The third-order valence-electron chi connectivity index (χ3n) is 7.38. The average Bonchev–Trinajstić information content (AvgIpc) is 2.93. The molecule has 0 rings (SSSR count). The SMILES string of the molecule is CC/C=C\C/C=C\C/C=C\CCCCCC(=O)OC(CCCCCCCCCCC)CCCCCCCC(=O)O. The minimum absolute atomic E-state index is 0.0276. The first-order valence-electron chi connectivity index (χ1n) is 17.0. The number of carboxylic acids is 1. The Hall–Kier alpha value is -1.84. The molecule has 232 valence electrons. The van der Waals surface area contributed by atoms with Crippen LogP contribution in [0.15, 0.2) is 36.5 Å². The summed E-state index contributed by atoms with van der Waals surface area (Å²) in [5.74, 6) is -0.733. The van der Waals surface area contributed by atoms with Crippen LogP contribution in [0.1, 0.15) is 174 Å². The lowest BCUT2D eigenvalue weighted by atomic mass is 10.0. The summed E-state index contributed by atoms with van der Waals surface area (Å²) in [6, 6.07) is 0. The van der Waals surface area contributed by atoms with E-state index < -0.39 is 5.97 Å². The second-order valence-electron chi connectivity index (χ2n) is 11.3. The van der Waals surface area contributed by atoms with Gasteiger partial charge in [0.1, 0.15) is 6.10 Å². The molecule has 1 atom stereocenters. The number of carbonyl (C=O) groups is 2. The maximum Gasteiger partial charge on any atom is 0.306 e. The number of hydrogen-bond acceptors (Lipinski definition) is 3. The van der Waals surface area contributed by atoms with Gasteiger partial charge in [0, 0.05) is 12.8 Å². The number of esters is 1. The Morgan fingerprint density at radius 2 is 1.05 bits per heavy atom. The molecule has 0 heterocycles. The van der Waals surface area contributed by atoms with Gasteiger partial charge in [-0.3, -0.25) is 9.59 Å². The monoisotopic (exact) mass is 560 g/mol. The van der Waals surface area contributed by atoms with E-state index in [4.69, 9.17) is 9.84 Å². The maximum atomic E-state index is 12.5. The van der Waals surface area contributed by atoms with E-state index in [0.29, 0.717) is 6.42 Å². The molecule has 0 aromatic heterocycles. The van der Waals surface area contributed by atoms with Gasteiger partial charge in [0.15, 0.2) is 0 Å². The zero-order chi connectivity index (χ0) is 29.4. The van der Waals surface area contributed by atoms with E-state index in [0.717, 1.165) is 96.3 Å². The molecule has 1 N–H and O–H groups in total. The van der Waals surface area contributed by atoms with Crippen LogP contribution in [0, 0.1) is 0 Å². The molecular weight excluding hydrogens is 496 g/mol. The van der Waals surface area contributed by atoms with Gasteiger partial charge in [-0.15, -0.1) is 0 Å². The standard InChI is InChI=1S/C36H64O4/c1-3-5-7-9-11-13-14-15-16-18-20-25-29-33-36(39)40-34(31-27-23-21-24-28-32-35(37)38)30-26-22-19-17-12-10-8-6-4-2/h5,7,11,13,15-16,34H,3-4,6,8-10,12,14,17-33H2,1-2H3,(H,37,38)/b7-5-,13-11-,16-15-. The number of aliphatic carboxylic acids is 1. The molecule has 0 aliphatic rings. The summed E-state index contributed by atoms with van der Waals surface area (Å²) >= 11 is 0. The van der Waals surface area contributed by atoms with Crippen molar-refractivity contribution < 1.29 is 19.4 Å². The largest absolute Gasteiger partial charge is 0.481 e. The predicted molar refractivity (Wildman–Crippen MR) is 172 cm³/mol. The van der Waals surface area contributed by atoms with Gasteiger partial charge >= 0.3 is 11.9 Å². The molecule has 0 radical (unpaired) electrons. The van der Waals surface area contributed by atoms with Crippen LogP contribution < -0.4 is 0 Å². The van der Waals surface area contributed by atoms with E-state index in [9.17, 15) is 9.59 Å². The molecule has 0 aliphatic heterocycles. The summed E-state index contributed by atoms with van der Waals surface area (Å²) in [6.45, 7) is 4.41. The second-order valence-corrected chi connectivity index (χ2v) is 11.3. The van der Waals surface area contributed by atoms with Gasteiger partial charge in [-0.25, -0.2) is 0 Å². The number of allylic oxidation sites excluding steroid dienone is 6. The van der Waals surface area contributed by atoms with Crippen LogP contribution in [0.3, 0.4) is 0 Å². The van der Waals surface area contributed by atoms with Crippen LogP contribution in [-0.4, -0.2) is 23.1 Å². The van der Waals surface area contributed by atoms with Crippen molar-refractivity contribution in [1.82, 2.24) is 0 Å². The number of carboxylic acid groups (broad SMARTS) is 1. The van der Waals surface area contributed by atoms with Crippen molar-refractivity contribution in [2.75, 3.05) is 0 Å². The predicted octanol–water partition coefficient (Wildman–Crippen LogP) is 11.4. The fraction of sp³-hybridized carbons (Fsp3) is 0.778. The Morgan fingerprint density at radius 3 is 1.62 bits per heavy atom. The van der Waals surface area contributed by atoms with E-state index in [-0.39, 0.29) is 18.5 Å². The van der Waals surface area contributed by atoms with Crippen LogP contribution in [0.2, 0.25) is 0 Å². The Labute approximate surface area is 248 Å². The molecule has 4 nitrogen and oxygen atoms in total. The van der Waals surface area contributed by atoms with Gasteiger partial charge in [-0.2, -0.15) is 0 Å². The summed E-state index contributed by atoms with van der Waals surface area (Å²) in [5, 5.41) is 8.77. The van der Waals surface area contributed by atoms with Crippen molar-refractivity contribution in [3.63, 3.8) is 0 Å². The van der Waals surface area contributed by atoms with Crippen LogP contribution in [-0.2, 0) is 14.3 Å². The molecule has 0 aliphatic carbocycles. The number of rotatable bonds is 30. The first-order valence-corrected chi connectivity index (χ1v) is 17.0. The quantitative estimate of drug-likeness (QED) is 0.0539. The fourth-order valence-corrected chi connectivity index (χ4v) is 4.90. The van der Waals surface area contributed by atoms with Gasteiger partial charge in [-0.05, 0) is 70.6 Å². The van der Waals surface area contributed by atoms with Crippen molar-refractivity contribution in [2.24, 2.45) is 0 Å². The zero-order valence-corrected chi connectivity index (χ0v) is 26.4. The number of hydrogen-bond donors (Lipinski definition) is 1. The third kappa shape index (κ3) is 30.7. The Morgan fingerprint density at radius 1 is 0.575 bits per heavy atom. The highest BCUT2D eigenvalue weighted by molar-refractivity contribution is 5.69. The normalized spacial score (nSPS) is 12.7. The van der Waals surface area contributed by atoms with Crippen molar-refractivity contribution in [1.29, 1.82) is 0 Å². The van der Waals surface area contributed by atoms with Crippen molar-refractivity contribution in [3.05, 3.63) is 36.5 Å². The van der Waals surface area contributed by atoms with Crippen molar-refractivity contribution in [2.45, 2.75) is 180 Å². The highest BCUT2D eigenvalue weighted by Crippen LogP contribution is 2.18. The molecule has 0 aromatic carbocycles. The molecule has 0 amide bonds. The lowest BCUT2D eigenvalue weighted by molar-refractivity contribution is -0.150. The minimum atomic E-state index is -0.705. The zero-order valence-electron chi connectivity index (χ0n) is 26.4. The smallest absolute Gasteiger partial charge is 0.306 e. The molecule has 40 heavy (non-hydrogen) atoms. The highest BCUT2D eigenvalue weighted by Gasteiger charge is 2.14. The Kier molecular flexibility index (Phi) is 30.2. The Balaban J connectivity index is 4.11. The lowest BCUT2D eigenvalue weighted by Crippen LogP contribution is -2.18. The van der Waals surface area contributed by atoms with E-state index in [1.165, 1.54) is 51.4 Å². The van der Waals surface area contributed by atoms with Gasteiger partial charge in [0.2, 0.25) is 0 Å². The number of ether oxygens (including phenoxy) is 1. The van der Waals surface area contributed by atoms with Crippen LogP contribution in [0.25, 0.3) is 0 Å². The first kappa shape index (κ1) is 38.2. The summed E-state index contributed by atoms with van der Waals surface area (Å²) in [7, 11) is 0. The molecule has 0 saturated carbocycles. The molecule has 0 spiro atoms. The van der Waals surface area contributed by atoms with Crippen molar-refractivity contribution in [3.8, 4) is 0 Å². The summed E-state index contributed by atoms with van der Waals surface area (Å²) in [5.41, 5.74) is 0. The minimum Gasteiger partial charge on any atom is -0.481 e. The van der Waals surface area contributed by atoms with E-state index in [1.807, 2.05) is 0 Å². The molecule has 0 bridgehead atoms. The van der Waals surface area contributed by atoms with Crippen LogP contribution in [0.4, 0.5) is 0 Å². The molecular formula is C36H64O4. The van der Waals surface area contributed by atoms with Gasteiger partial charge in [-0.1, -0.05) is 127 Å². The Bertz CT molecular complexity index is 649. The summed E-state index contributed by atoms with van der Waals surface area (Å²) in [6.07, 6.45) is 40.1. The van der Waals surface area contributed by atoms with Gasteiger partial charge in [0.05, 0.1) is 0 Å². The molecule has 1 unspecified atom stereocenters. The third-order valence-corrected chi connectivity index (χ3v) is 7.38. The second kappa shape index (κ2) is 31.7. The number of carbonyl (C=O) groups excluding carboxylic acids is 1. The van der Waals surface area contributed by atoms with E-state index in [2.05, 4.69) is 50.3 Å². The maximum absolute atomic E-state index is 12.5. The molecule has 0 saturated heterocycles. The molecule has 4 heteroatoms. The van der Waals surface area contributed by atoms with Crippen LogP contribution in [0.5, 0.6) is 0 Å². The van der Waals surface area contributed by atoms with Crippen molar-refractivity contribution >= 4 is 11.9 Å². The highest BCUT2D eigenvalue weighted by atomic mass is 16.5. The van der Waals surface area contributed by atoms with Gasteiger partial charge < -0.3 is 9.84 Å². The molecule has 0 aromatic rings. The molecule has 0 fully saturated rings. The average molecular weight is 561 g/mol.